The van der Waals surface area contributed by atoms with Crippen LogP contribution in [0.5, 0.6) is 0 Å². The standard InChI is InChI=1S/C18H21NO.ClH/c20-18(11-12-18)15-19(13-16-7-3-1-4-8-16)14-17-9-5-2-6-10-17;/h1-10,20H,11-15H2;1H. The van der Waals surface area contributed by atoms with Crippen LogP contribution in [0.3, 0.4) is 0 Å². The molecule has 21 heavy (non-hydrogen) atoms. The van der Waals surface area contributed by atoms with Crippen molar-refractivity contribution in [2.75, 3.05) is 6.54 Å². The Balaban J connectivity index is 0.00000161. The number of rotatable bonds is 6. The van der Waals surface area contributed by atoms with Gasteiger partial charge in [-0.3, -0.25) is 4.90 Å². The normalized spacial score (nSPS) is 15.5. The Morgan fingerprint density at radius 3 is 1.62 bits per heavy atom. The summed E-state index contributed by atoms with van der Waals surface area (Å²) in [5.74, 6) is 0. The third-order valence-electron chi connectivity index (χ3n) is 3.84. The molecule has 0 aliphatic heterocycles. The van der Waals surface area contributed by atoms with E-state index in [1.165, 1.54) is 11.1 Å². The van der Waals surface area contributed by atoms with Crippen LogP contribution in [0.25, 0.3) is 0 Å². The van der Waals surface area contributed by atoms with Crippen LogP contribution >= 0.6 is 12.4 Å². The summed E-state index contributed by atoms with van der Waals surface area (Å²) in [6.07, 6.45) is 1.88. The molecule has 0 atom stereocenters. The summed E-state index contributed by atoms with van der Waals surface area (Å²) in [5.41, 5.74) is 2.16. The molecule has 1 aliphatic rings. The molecular weight excluding hydrogens is 282 g/mol. The lowest BCUT2D eigenvalue weighted by Crippen LogP contribution is -2.32. The first-order valence-electron chi connectivity index (χ1n) is 7.26. The van der Waals surface area contributed by atoms with Gasteiger partial charge in [0.1, 0.15) is 0 Å². The molecule has 2 aromatic carbocycles. The van der Waals surface area contributed by atoms with E-state index in [0.717, 1.165) is 32.5 Å². The van der Waals surface area contributed by atoms with Gasteiger partial charge in [-0.2, -0.15) is 0 Å². The average molecular weight is 304 g/mol. The highest BCUT2D eigenvalue weighted by atomic mass is 35.5. The molecule has 1 N–H and O–H groups in total. The molecule has 0 amide bonds. The second-order valence-electron chi connectivity index (χ2n) is 5.84. The minimum absolute atomic E-state index is 0. The molecule has 0 radical (unpaired) electrons. The van der Waals surface area contributed by atoms with Crippen LogP contribution in [0.1, 0.15) is 24.0 Å². The summed E-state index contributed by atoms with van der Waals surface area (Å²) in [5, 5.41) is 10.2. The largest absolute Gasteiger partial charge is 0.389 e. The van der Waals surface area contributed by atoms with E-state index in [1.807, 2.05) is 12.1 Å². The van der Waals surface area contributed by atoms with Gasteiger partial charge in [-0.25, -0.2) is 0 Å². The zero-order chi connectivity index (χ0) is 13.8. The fourth-order valence-corrected chi connectivity index (χ4v) is 2.57. The van der Waals surface area contributed by atoms with Gasteiger partial charge in [0.15, 0.2) is 0 Å². The van der Waals surface area contributed by atoms with Gasteiger partial charge >= 0.3 is 0 Å². The Morgan fingerprint density at radius 1 is 0.810 bits per heavy atom. The van der Waals surface area contributed by atoms with Gasteiger partial charge in [0.05, 0.1) is 5.60 Å². The Bertz CT molecular complexity index is 498. The van der Waals surface area contributed by atoms with E-state index in [1.54, 1.807) is 0 Å². The number of benzene rings is 2. The Morgan fingerprint density at radius 2 is 1.24 bits per heavy atom. The molecule has 3 rings (SSSR count). The van der Waals surface area contributed by atoms with Gasteiger partial charge in [-0.1, -0.05) is 60.7 Å². The third kappa shape index (κ3) is 4.85. The number of aliphatic hydroxyl groups is 1. The van der Waals surface area contributed by atoms with Crippen LogP contribution < -0.4 is 0 Å². The molecule has 0 spiro atoms. The minimum Gasteiger partial charge on any atom is -0.389 e. The van der Waals surface area contributed by atoms with Crippen LogP contribution in [0.4, 0.5) is 0 Å². The molecule has 2 nitrogen and oxygen atoms in total. The van der Waals surface area contributed by atoms with Gasteiger partial charge in [0.2, 0.25) is 0 Å². The van der Waals surface area contributed by atoms with Crippen molar-refractivity contribution >= 4 is 12.4 Å². The van der Waals surface area contributed by atoms with E-state index in [0.29, 0.717) is 0 Å². The topological polar surface area (TPSA) is 23.5 Å². The van der Waals surface area contributed by atoms with Crippen LogP contribution in [0.15, 0.2) is 60.7 Å². The molecule has 0 bridgehead atoms. The second kappa shape index (κ2) is 7.08. The average Bonchev–Trinajstić information content (AvgIpc) is 3.18. The molecule has 0 heterocycles. The first-order chi connectivity index (χ1) is 9.73. The minimum atomic E-state index is -0.441. The van der Waals surface area contributed by atoms with Gasteiger partial charge in [0, 0.05) is 19.6 Å². The van der Waals surface area contributed by atoms with Crippen LogP contribution in [-0.2, 0) is 13.1 Å². The lowest BCUT2D eigenvalue weighted by molar-refractivity contribution is 0.0844. The molecule has 1 fully saturated rings. The summed E-state index contributed by atoms with van der Waals surface area (Å²) in [7, 11) is 0. The molecule has 2 aromatic rings. The number of nitrogens with zero attached hydrogens (tertiary/aromatic N) is 1. The van der Waals surface area contributed by atoms with Gasteiger partial charge < -0.3 is 5.11 Å². The Hall–Kier alpha value is -1.35. The van der Waals surface area contributed by atoms with E-state index in [2.05, 4.69) is 53.4 Å². The second-order valence-corrected chi connectivity index (χ2v) is 5.84. The van der Waals surface area contributed by atoms with Gasteiger partial charge in [0.25, 0.3) is 0 Å². The number of hydrogen-bond donors (Lipinski definition) is 1. The van der Waals surface area contributed by atoms with Gasteiger partial charge in [-0.05, 0) is 24.0 Å². The van der Waals surface area contributed by atoms with Crippen molar-refractivity contribution in [2.45, 2.75) is 31.5 Å². The fourth-order valence-electron chi connectivity index (χ4n) is 2.57. The smallest absolute Gasteiger partial charge is 0.0776 e. The molecule has 0 saturated heterocycles. The molecular formula is C18H22ClNO. The van der Waals surface area contributed by atoms with Crippen LogP contribution in [0, 0.1) is 0 Å². The van der Waals surface area contributed by atoms with Gasteiger partial charge in [-0.15, -0.1) is 12.4 Å². The quantitative estimate of drug-likeness (QED) is 0.881. The third-order valence-corrected chi connectivity index (χ3v) is 3.84. The summed E-state index contributed by atoms with van der Waals surface area (Å²) < 4.78 is 0. The van der Waals surface area contributed by atoms with Crippen LogP contribution in [0.2, 0.25) is 0 Å². The maximum Gasteiger partial charge on any atom is 0.0776 e. The molecule has 112 valence electrons. The highest BCUT2D eigenvalue weighted by molar-refractivity contribution is 5.85. The lowest BCUT2D eigenvalue weighted by atomic mass is 10.1. The SMILES string of the molecule is Cl.OC1(CN(Cc2ccccc2)Cc2ccccc2)CC1. The van der Waals surface area contributed by atoms with E-state index in [9.17, 15) is 5.11 Å². The maximum atomic E-state index is 10.2. The van der Waals surface area contributed by atoms with Crippen molar-refractivity contribution in [3.8, 4) is 0 Å². The van der Waals surface area contributed by atoms with Crippen molar-refractivity contribution in [3.05, 3.63) is 71.8 Å². The van der Waals surface area contributed by atoms with Crippen molar-refractivity contribution < 1.29 is 5.11 Å². The summed E-state index contributed by atoms with van der Waals surface area (Å²) in [4.78, 5) is 2.34. The predicted octanol–water partition coefficient (Wildman–Crippen LogP) is 3.64. The Labute approximate surface area is 132 Å². The molecule has 0 unspecified atom stereocenters. The lowest BCUT2D eigenvalue weighted by Gasteiger charge is -2.25. The monoisotopic (exact) mass is 303 g/mol. The highest BCUT2D eigenvalue weighted by Crippen LogP contribution is 2.36. The molecule has 1 aliphatic carbocycles. The fraction of sp³-hybridized carbons (Fsp3) is 0.333. The first kappa shape index (κ1) is 16.0. The zero-order valence-electron chi connectivity index (χ0n) is 12.1. The number of hydrogen-bond acceptors (Lipinski definition) is 2. The summed E-state index contributed by atoms with van der Waals surface area (Å²) in [6.45, 7) is 2.53. The van der Waals surface area contributed by atoms with Crippen LogP contribution in [-0.4, -0.2) is 22.2 Å². The van der Waals surface area contributed by atoms with Crippen molar-refractivity contribution in [2.24, 2.45) is 0 Å². The van der Waals surface area contributed by atoms with E-state index in [4.69, 9.17) is 0 Å². The zero-order valence-corrected chi connectivity index (χ0v) is 12.9. The predicted molar refractivity (Wildman–Crippen MR) is 88.4 cm³/mol. The maximum absolute atomic E-state index is 10.2. The number of halogens is 1. The van der Waals surface area contributed by atoms with Crippen molar-refractivity contribution in [1.29, 1.82) is 0 Å². The van der Waals surface area contributed by atoms with E-state index >= 15 is 0 Å². The molecule has 3 heteroatoms. The Kier molecular flexibility index (Phi) is 5.40. The molecule has 0 aromatic heterocycles. The van der Waals surface area contributed by atoms with E-state index < -0.39 is 5.60 Å². The molecule has 1 saturated carbocycles. The summed E-state index contributed by atoms with van der Waals surface area (Å²) in [6, 6.07) is 21.0. The van der Waals surface area contributed by atoms with Crippen molar-refractivity contribution in [3.63, 3.8) is 0 Å². The van der Waals surface area contributed by atoms with E-state index in [-0.39, 0.29) is 12.4 Å². The summed E-state index contributed by atoms with van der Waals surface area (Å²) >= 11 is 0. The highest BCUT2D eigenvalue weighted by Gasteiger charge is 2.41. The first-order valence-corrected chi connectivity index (χ1v) is 7.26. The van der Waals surface area contributed by atoms with Crippen molar-refractivity contribution in [1.82, 2.24) is 4.90 Å².